The Labute approximate surface area is 135 Å². The second-order valence-corrected chi connectivity index (χ2v) is 5.95. The maximum absolute atomic E-state index is 12.9. The van der Waals surface area contributed by atoms with Crippen molar-refractivity contribution in [2.75, 3.05) is 4.90 Å². The predicted octanol–water partition coefficient (Wildman–Crippen LogP) is 2.54. The fourth-order valence-electron chi connectivity index (χ4n) is 2.77. The van der Waals surface area contributed by atoms with Crippen LogP contribution in [-0.2, 0) is 7.05 Å². The lowest BCUT2D eigenvalue weighted by Crippen LogP contribution is -2.41. The minimum Gasteiger partial charge on any atom is -0.376 e. The highest BCUT2D eigenvalue weighted by Gasteiger charge is 2.26. The van der Waals surface area contributed by atoms with Crippen molar-refractivity contribution in [1.29, 1.82) is 0 Å². The van der Waals surface area contributed by atoms with Gasteiger partial charge in [-0.25, -0.2) is 0 Å². The maximum Gasteiger partial charge on any atom is 0.268 e. The molecule has 0 saturated heterocycles. The van der Waals surface area contributed by atoms with Crippen LogP contribution in [0.3, 0.4) is 0 Å². The first-order chi connectivity index (χ1) is 10.2. The van der Waals surface area contributed by atoms with Crippen LogP contribution in [0.25, 0.3) is 0 Å². The summed E-state index contributed by atoms with van der Waals surface area (Å²) in [5.74, 6) is -0.256. The van der Waals surface area contributed by atoms with Gasteiger partial charge in [-0.1, -0.05) is 17.7 Å². The molecule has 1 amide bonds. The summed E-state index contributed by atoms with van der Waals surface area (Å²) in [6.07, 6.45) is 1.68. The molecule has 0 radical (unpaired) electrons. The largest absolute Gasteiger partial charge is 0.376 e. The molecule has 6 heteroatoms. The van der Waals surface area contributed by atoms with Crippen LogP contribution in [0.5, 0.6) is 0 Å². The lowest BCUT2D eigenvalue weighted by Gasteiger charge is -2.25. The van der Waals surface area contributed by atoms with Crippen LogP contribution in [-0.4, -0.2) is 20.8 Å². The van der Waals surface area contributed by atoms with E-state index in [1.165, 1.54) is 4.90 Å². The van der Waals surface area contributed by atoms with Crippen molar-refractivity contribution in [2.45, 2.75) is 27.7 Å². The van der Waals surface area contributed by atoms with Crippen LogP contribution in [0.1, 0.15) is 32.7 Å². The minimum absolute atomic E-state index is 0.0308. The molecule has 0 aliphatic carbocycles. The van der Waals surface area contributed by atoms with E-state index in [4.69, 9.17) is 18.0 Å². The topological polar surface area (TPSA) is 64.2 Å². The molecule has 0 bridgehead atoms. The molecule has 0 unspecified atom stereocenters. The van der Waals surface area contributed by atoms with Crippen molar-refractivity contribution < 1.29 is 4.79 Å². The number of aromatic nitrogens is 2. The zero-order valence-electron chi connectivity index (χ0n) is 13.5. The lowest BCUT2D eigenvalue weighted by atomic mass is 10.0. The minimum atomic E-state index is -0.256. The Kier molecular flexibility index (Phi) is 4.32. The molecule has 1 aromatic carbocycles. The molecule has 0 saturated carbocycles. The maximum atomic E-state index is 12.9. The van der Waals surface area contributed by atoms with Gasteiger partial charge in [0.15, 0.2) is 5.11 Å². The van der Waals surface area contributed by atoms with Gasteiger partial charge in [0.1, 0.15) is 0 Å². The number of nitrogens with zero attached hydrogens (tertiary/aromatic N) is 3. The molecule has 0 aliphatic rings. The summed E-state index contributed by atoms with van der Waals surface area (Å²) >= 11 is 5.13. The Morgan fingerprint density at radius 3 is 2.18 bits per heavy atom. The van der Waals surface area contributed by atoms with Crippen molar-refractivity contribution in [3.8, 4) is 0 Å². The summed E-state index contributed by atoms with van der Waals surface area (Å²) in [6, 6.07) is 4.02. The summed E-state index contributed by atoms with van der Waals surface area (Å²) in [4.78, 5) is 14.3. The third-order valence-corrected chi connectivity index (χ3v) is 3.71. The summed E-state index contributed by atoms with van der Waals surface area (Å²) < 4.78 is 1.61. The smallest absolute Gasteiger partial charge is 0.268 e. The van der Waals surface area contributed by atoms with E-state index in [-0.39, 0.29) is 11.0 Å². The van der Waals surface area contributed by atoms with Gasteiger partial charge < -0.3 is 5.73 Å². The lowest BCUT2D eigenvalue weighted by molar-refractivity contribution is 0.100. The number of thiocarbonyl (C=S) groups is 1. The van der Waals surface area contributed by atoms with Crippen LogP contribution in [0.4, 0.5) is 5.69 Å². The highest BCUT2D eigenvalue weighted by molar-refractivity contribution is 7.80. The second kappa shape index (κ2) is 5.88. The van der Waals surface area contributed by atoms with E-state index >= 15 is 0 Å². The molecular formula is C16H20N4OS. The molecule has 1 aromatic heterocycles. The van der Waals surface area contributed by atoms with Gasteiger partial charge in [0.05, 0.1) is 16.9 Å². The van der Waals surface area contributed by atoms with Crippen LogP contribution < -0.4 is 10.6 Å². The van der Waals surface area contributed by atoms with Gasteiger partial charge in [-0.15, -0.1) is 0 Å². The second-order valence-electron chi connectivity index (χ2n) is 5.53. The molecule has 0 atom stereocenters. The Balaban J connectivity index is 2.59. The highest BCUT2D eigenvalue weighted by Crippen LogP contribution is 2.28. The van der Waals surface area contributed by atoms with Crippen LogP contribution in [0.2, 0.25) is 0 Å². The highest BCUT2D eigenvalue weighted by atomic mass is 32.1. The Morgan fingerprint density at radius 1 is 1.23 bits per heavy atom. The molecule has 5 nitrogen and oxygen atoms in total. The third kappa shape index (κ3) is 2.87. The first kappa shape index (κ1) is 16.2. The first-order valence-corrected chi connectivity index (χ1v) is 7.35. The molecule has 0 aliphatic heterocycles. The van der Waals surface area contributed by atoms with E-state index in [0.29, 0.717) is 11.3 Å². The quantitative estimate of drug-likeness (QED) is 0.865. The zero-order valence-corrected chi connectivity index (χ0v) is 14.3. The number of hydrogen-bond acceptors (Lipinski definition) is 3. The van der Waals surface area contributed by atoms with Crippen molar-refractivity contribution in [2.24, 2.45) is 12.8 Å². The average Bonchev–Trinajstić information content (AvgIpc) is 2.71. The Bertz CT molecular complexity index is 740. The molecule has 116 valence electrons. The molecule has 0 spiro atoms. The van der Waals surface area contributed by atoms with Crippen molar-refractivity contribution in [1.82, 2.24) is 9.78 Å². The SMILES string of the molecule is Cc1cc(C)c(N(C(=O)c2cn(C)nc2C)C(N)=S)c(C)c1. The van der Waals surface area contributed by atoms with Gasteiger partial charge in [-0.3, -0.25) is 14.4 Å². The predicted molar refractivity (Wildman–Crippen MR) is 92.2 cm³/mol. The number of hydrogen-bond donors (Lipinski definition) is 1. The number of nitrogens with two attached hydrogens (primary N) is 1. The van der Waals surface area contributed by atoms with Crippen LogP contribution in [0.15, 0.2) is 18.3 Å². The Morgan fingerprint density at radius 2 is 1.77 bits per heavy atom. The number of benzene rings is 1. The standard InChI is InChI=1S/C16H20N4OS/c1-9-6-10(2)14(11(3)7-9)20(16(17)22)15(21)13-8-19(5)18-12(13)4/h6-8H,1-5H3,(H2,17,22). The van der Waals surface area contributed by atoms with E-state index in [2.05, 4.69) is 5.10 Å². The van der Waals surface area contributed by atoms with E-state index in [1.807, 2.05) is 32.9 Å². The molecule has 2 aromatic rings. The fraction of sp³-hybridized carbons (Fsp3) is 0.312. The van der Waals surface area contributed by atoms with Gasteiger partial charge >= 0.3 is 0 Å². The Hall–Kier alpha value is -2.21. The van der Waals surface area contributed by atoms with Crippen molar-refractivity contribution >= 4 is 28.9 Å². The van der Waals surface area contributed by atoms with Crippen molar-refractivity contribution in [3.05, 3.63) is 46.3 Å². The summed E-state index contributed by atoms with van der Waals surface area (Å²) in [5, 5.41) is 4.24. The number of amides is 1. The molecule has 2 N–H and O–H groups in total. The third-order valence-electron chi connectivity index (χ3n) is 3.53. The summed E-state index contributed by atoms with van der Waals surface area (Å²) in [7, 11) is 1.78. The molecule has 1 heterocycles. The van der Waals surface area contributed by atoms with E-state index in [0.717, 1.165) is 22.4 Å². The molecule has 2 rings (SSSR count). The van der Waals surface area contributed by atoms with E-state index in [9.17, 15) is 4.79 Å². The number of aryl methyl sites for hydroxylation is 5. The van der Waals surface area contributed by atoms with Crippen LogP contribution in [0, 0.1) is 27.7 Å². The summed E-state index contributed by atoms with van der Waals surface area (Å²) in [6.45, 7) is 7.70. The van der Waals surface area contributed by atoms with E-state index in [1.54, 1.807) is 24.9 Å². The molecular weight excluding hydrogens is 296 g/mol. The van der Waals surface area contributed by atoms with Crippen LogP contribution >= 0.6 is 12.2 Å². The monoisotopic (exact) mass is 316 g/mol. The van der Waals surface area contributed by atoms with Gasteiger partial charge in [-0.2, -0.15) is 5.10 Å². The first-order valence-electron chi connectivity index (χ1n) is 6.94. The van der Waals surface area contributed by atoms with E-state index < -0.39 is 0 Å². The van der Waals surface area contributed by atoms with Gasteiger partial charge in [0, 0.05) is 13.2 Å². The van der Waals surface area contributed by atoms with Gasteiger partial charge in [-0.05, 0) is 51.0 Å². The number of rotatable bonds is 2. The van der Waals surface area contributed by atoms with Crippen molar-refractivity contribution in [3.63, 3.8) is 0 Å². The zero-order chi connectivity index (χ0) is 16.6. The van der Waals surface area contributed by atoms with Gasteiger partial charge in [0.2, 0.25) is 0 Å². The summed E-state index contributed by atoms with van der Waals surface area (Å²) in [5.41, 5.74) is 10.8. The average molecular weight is 316 g/mol. The number of carbonyl (C=O) groups is 1. The fourth-order valence-corrected chi connectivity index (χ4v) is 2.94. The number of anilines is 1. The molecule has 22 heavy (non-hydrogen) atoms. The molecule has 0 fully saturated rings. The number of carbonyl (C=O) groups excluding carboxylic acids is 1. The van der Waals surface area contributed by atoms with Gasteiger partial charge in [0.25, 0.3) is 5.91 Å². The normalized spacial score (nSPS) is 10.6.